The van der Waals surface area contributed by atoms with Crippen LogP contribution in [0.3, 0.4) is 0 Å². The number of hydrogen-bond acceptors (Lipinski definition) is 3. The van der Waals surface area contributed by atoms with E-state index in [1.165, 1.54) is 0 Å². The molecule has 1 rings (SSSR count). The molecule has 0 aromatic carbocycles. The Bertz CT molecular complexity index is 500. The summed E-state index contributed by atoms with van der Waals surface area (Å²) in [4.78, 5) is 25.8. The number of rotatable bonds is 6. The van der Waals surface area contributed by atoms with Crippen LogP contribution in [-0.4, -0.2) is 28.5 Å². The summed E-state index contributed by atoms with van der Waals surface area (Å²) in [6.07, 6.45) is -3.44. The van der Waals surface area contributed by atoms with Gasteiger partial charge in [0, 0.05) is 19.2 Å². The van der Waals surface area contributed by atoms with Crippen molar-refractivity contribution in [1.29, 1.82) is 0 Å². The molecule has 1 aromatic heterocycles. The quantitative estimate of drug-likeness (QED) is 0.845. The molecular weight excluding hydrogens is 289 g/mol. The summed E-state index contributed by atoms with van der Waals surface area (Å²) >= 11 is 0. The van der Waals surface area contributed by atoms with Gasteiger partial charge in [-0.3, -0.25) is 14.6 Å². The van der Waals surface area contributed by atoms with E-state index >= 15 is 0 Å². The molecule has 0 saturated carbocycles. The van der Waals surface area contributed by atoms with E-state index in [0.717, 1.165) is 12.1 Å². The summed E-state index contributed by atoms with van der Waals surface area (Å²) in [7, 11) is 0. The maximum absolute atomic E-state index is 12.3. The lowest BCUT2D eigenvalue weighted by Crippen LogP contribution is -2.30. The average molecular weight is 304 g/mol. The minimum atomic E-state index is -4.50. The molecule has 5 nitrogen and oxygen atoms in total. The first-order valence-electron chi connectivity index (χ1n) is 6.27. The smallest absolute Gasteiger partial charge is 0.417 e. The summed E-state index contributed by atoms with van der Waals surface area (Å²) < 4.78 is 37.0. The van der Waals surface area contributed by atoms with Crippen LogP contribution in [0.5, 0.6) is 0 Å². The van der Waals surface area contributed by atoms with Crippen LogP contribution in [0.15, 0.2) is 18.3 Å². The van der Waals surface area contributed by atoms with E-state index < -0.39 is 23.6 Å². The number of aliphatic carboxylic acids is 1. The first-order chi connectivity index (χ1) is 9.74. The summed E-state index contributed by atoms with van der Waals surface area (Å²) in [5, 5.41) is 11.1. The number of pyridine rings is 1. The Morgan fingerprint density at radius 3 is 2.48 bits per heavy atom. The molecule has 0 spiro atoms. The van der Waals surface area contributed by atoms with Crippen molar-refractivity contribution in [3.05, 3.63) is 29.6 Å². The normalized spacial score (nSPS) is 12.8. The third kappa shape index (κ3) is 5.41. The van der Waals surface area contributed by atoms with E-state index in [-0.39, 0.29) is 24.6 Å². The Hall–Kier alpha value is -2.12. The van der Waals surface area contributed by atoms with E-state index in [4.69, 9.17) is 5.11 Å². The van der Waals surface area contributed by atoms with E-state index in [0.29, 0.717) is 12.6 Å². The minimum absolute atomic E-state index is 0.0861. The second-order valence-corrected chi connectivity index (χ2v) is 4.51. The van der Waals surface area contributed by atoms with Crippen molar-refractivity contribution in [2.75, 3.05) is 6.54 Å². The lowest BCUT2D eigenvalue weighted by atomic mass is 10.0. The van der Waals surface area contributed by atoms with Gasteiger partial charge in [-0.25, -0.2) is 0 Å². The van der Waals surface area contributed by atoms with Crippen LogP contribution in [0.2, 0.25) is 0 Å². The molecule has 116 valence electrons. The molecule has 1 aromatic rings. The third-order valence-electron chi connectivity index (χ3n) is 2.92. The second kappa shape index (κ2) is 7.05. The number of carbonyl (C=O) groups excluding carboxylic acids is 1. The standard InChI is InChI=1S/C13H15F3N2O3/c1-2-8(5-11(19)20)6-18-12(21)10-4-3-9(7-17-10)13(14,15)16/h3-4,7-8H,2,5-6H2,1H3,(H,18,21)(H,19,20). The van der Waals surface area contributed by atoms with Crippen LogP contribution in [0.25, 0.3) is 0 Å². The topological polar surface area (TPSA) is 79.3 Å². The molecule has 0 fully saturated rings. The number of halogens is 3. The van der Waals surface area contributed by atoms with Crippen molar-refractivity contribution in [2.45, 2.75) is 25.9 Å². The number of carboxylic acids is 1. The largest absolute Gasteiger partial charge is 0.481 e. The van der Waals surface area contributed by atoms with Gasteiger partial charge >= 0.3 is 12.1 Å². The van der Waals surface area contributed by atoms with Gasteiger partial charge in [0.15, 0.2) is 0 Å². The number of aromatic nitrogens is 1. The number of nitrogens with zero attached hydrogens (tertiary/aromatic N) is 1. The number of nitrogens with one attached hydrogen (secondary N) is 1. The van der Waals surface area contributed by atoms with Gasteiger partial charge < -0.3 is 10.4 Å². The molecule has 1 unspecified atom stereocenters. The zero-order chi connectivity index (χ0) is 16.0. The van der Waals surface area contributed by atoms with Crippen molar-refractivity contribution in [3.63, 3.8) is 0 Å². The number of carboxylic acid groups (broad SMARTS) is 1. The number of alkyl halides is 3. The fourth-order valence-electron chi connectivity index (χ4n) is 1.63. The molecule has 0 saturated heterocycles. The second-order valence-electron chi connectivity index (χ2n) is 4.51. The van der Waals surface area contributed by atoms with E-state index in [2.05, 4.69) is 10.3 Å². The highest BCUT2D eigenvalue weighted by molar-refractivity contribution is 5.92. The maximum atomic E-state index is 12.3. The molecule has 0 radical (unpaired) electrons. The highest BCUT2D eigenvalue weighted by Crippen LogP contribution is 2.28. The van der Waals surface area contributed by atoms with Crippen LogP contribution in [-0.2, 0) is 11.0 Å². The summed E-state index contributed by atoms with van der Waals surface area (Å²) in [5.41, 5.74) is -1.08. The number of carbonyl (C=O) groups is 2. The van der Waals surface area contributed by atoms with E-state index in [9.17, 15) is 22.8 Å². The minimum Gasteiger partial charge on any atom is -0.481 e. The molecule has 21 heavy (non-hydrogen) atoms. The lowest BCUT2D eigenvalue weighted by molar-refractivity contribution is -0.138. The summed E-state index contributed by atoms with van der Waals surface area (Å²) in [6.45, 7) is 1.92. The fraction of sp³-hybridized carbons (Fsp3) is 0.462. The molecule has 1 atom stereocenters. The molecule has 0 aliphatic rings. The van der Waals surface area contributed by atoms with Crippen molar-refractivity contribution in [2.24, 2.45) is 5.92 Å². The Balaban J connectivity index is 2.61. The van der Waals surface area contributed by atoms with Crippen LogP contribution >= 0.6 is 0 Å². The summed E-state index contributed by atoms with van der Waals surface area (Å²) in [5.74, 6) is -1.84. The fourth-order valence-corrected chi connectivity index (χ4v) is 1.63. The van der Waals surface area contributed by atoms with Gasteiger partial charge in [0.25, 0.3) is 5.91 Å². The highest BCUT2D eigenvalue weighted by Gasteiger charge is 2.30. The van der Waals surface area contributed by atoms with E-state index in [1.54, 1.807) is 6.92 Å². The van der Waals surface area contributed by atoms with Gasteiger partial charge in [-0.15, -0.1) is 0 Å². The number of hydrogen-bond donors (Lipinski definition) is 2. The third-order valence-corrected chi connectivity index (χ3v) is 2.92. The predicted octanol–water partition coefficient (Wildman–Crippen LogP) is 2.33. The molecular formula is C13H15F3N2O3. The van der Waals surface area contributed by atoms with Crippen LogP contribution in [0.4, 0.5) is 13.2 Å². The Morgan fingerprint density at radius 1 is 1.38 bits per heavy atom. The lowest BCUT2D eigenvalue weighted by Gasteiger charge is -2.13. The van der Waals surface area contributed by atoms with Gasteiger partial charge in [0.1, 0.15) is 5.69 Å². The Kier molecular flexibility index (Phi) is 5.69. The van der Waals surface area contributed by atoms with Crippen molar-refractivity contribution in [1.82, 2.24) is 10.3 Å². The molecule has 0 aliphatic heterocycles. The van der Waals surface area contributed by atoms with Crippen molar-refractivity contribution < 1.29 is 27.9 Å². The van der Waals surface area contributed by atoms with Gasteiger partial charge in [-0.1, -0.05) is 13.3 Å². The first kappa shape index (κ1) is 16.9. The van der Waals surface area contributed by atoms with Gasteiger partial charge in [0.2, 0.25) is 0 Å². The summed E-state index contributed by atoms with van der Waals surface area (Å²) in [6, 6.07) is 1.76. The maximum Gasteiger partial charge on any atom is 0.417 e. The number of amides is 1. The molecule has 1 heterocycles. The first-order valence-corrected chi connectivity index (χ1v) is 6.27. The zero-order valence-corrected chi connectivity index (χ0v) is 11.3. The average Bonchev–Trinajstić information content (AvgIpc) is 2.41. The Labute approximate surface area is 119 Å². The molecule has 1 amide bonds. The molecule has 0 aliphatic carbocycles. The Morgan fingerprint density at radius 2 is 2.05 bits per heavy atom. The molecule has 8 heteroatoms. The van der Waals surface area contributed by atoms with Crippen molar-refractivity contribution in [3.8, 4) is 0 Å². The molecule has 0 bridgehead atoms. The van der Waals surface area contributed by atoms with Crippen molar-refractivity contribution >= 4 is 11.9 Å². The van der Waals surface area contributed by atoms with Crippen LogP contribution < -0.4 is 5.32 Å². The SMILES string of the molecule is CCC(CNC(=O)c1ccc(C(F)(F)F)cn1)CC(=O)O. The van der Waals surface area contributed by atoms with Gasteiger partial charge in [-0.05, 0) is 18.1 Å². The monoisotopic (exact) mass is 304 g/mol. The zero-order valence-electron chi connectivity index (χ0n) is 11.3. The van der Waals surface area contributed by atoms with Crippen LogP contribution in [0, 0.1) is 5.92 Å². The van der Waals surface area contributed by atoms with Gasteiger partial charge in [-0.2, -0.15) is 13.2 Å². The van der Waals surface area contributed by atoms with E-state index in [1.807, 2.05) is 0 Å². The molecule has 2 N–H and O–H groups in total. The van der Waals surface area contributed by atoms with Crippen LogP contribution in [0.1, 0.15) is 35.8 Å². The predicted molar refractivity (Wildman–Crippen MR) is 67.6 cm³/mol. The van der Waals surface area contributed by atoms with Gasteiger partial charge in [0.05, 0.1) is 5.56 Å². The highest BCUT2D eigenvalue weighted by atomic mass is 19.4.